The van der Waals surface area contributed by atoms with Crippen molar-refractivity contribution in [2.75, 3.05) is 5.73 Å². The Bertz CT molecular complexity index is 403. The molecule has 1 aromatic rings. The van der Waals surface area contributed by atoms with Gasteiger partial charge in [-0.25, -0.2) is 4.98 Å². The van der Waals surface area contributed by atoms with Crippen LogP contribution in [0.5, 0.6) is 0 Å². The molecule has 0 aliphatic heterocycles. The third kappa shape index (κ3) is 2.48. The van der Waals surface area contributed by atoms with Gasteiger partial charge in [0, 0.05) is 11.3 Å². The van der Waals surface area contributed by atoms with Crippen LogP contribution in [0.4, 0.5) is 5.82 Å². The van der Waals surface area contributed by atoms with Crippen LogP contribution in [-0.4, -0.2) is 21.3 Å². The number of aliphatic hydroxyl groups excluding tert-OH is 2. The second-order valence-electron chi connectivity index (χ2n) is 3.74. The van der Waals surface area contributed by atoms with E-state index in [9.17, 15) is 10.2 Å². The standard InChI is InChI=1S/C11H15N3O2/c1-6-5-9(13)14-7(2)10(6)11(16)8(15)3-4-12/h5,8,11,15-16H,3H2,1-2H3,(H2,13,14). The van der Waals surface area contributed by atoms with Gasteiger partial charge in [0.1, 0.15) is 11.9 Å². The Morgan fingerprint density at radius 2 is 2.12 bits per heavy atom. The summed E-state index contributed by atoms with van der Waals surface area (Å²) in [5, 5.41) is 27.9. The van der Waals surface area contributed by atoms with E-state index in [2.05, 4.69) is 4.98 Å². The smallest absolute Gasteiger partial charge is 0.123 e. The Morgan fingerprint density at radius 3 is 2.62 bits per heavy atom. The molecule has 86 valence electrons. The van der Waals surface area contributed by atoms with Gasteiger partial charge in [-0.1, -0.05) is 0 Å². The van der Waals surface area contributed by atoms with E-state index in [0.717, 1.165) is 5.56 Å². The SMILES string of the molecule is Cc1cc(N)nc(C)c1C(O)C(O)CC#N. The van der Waals surface area contributed by atoms with Crippen LogP contribution in [-0.2, 0) is 0 Å². The molecule has 2 unspecified atom stereocenters. The number of aliphatic hydroxyl groups is 2. The van der Waals surface area contributed by atoms with Gasteiger partial charge in [-0.05, 0) is 25.5 Å². The number of aromatic nitrogens is 1. The Labute approximate surface area is 94.2 Å². The van der Waals surface area contributed by atoms with E-state index in [-0.39, 0.29) is 6.42 Å². The van der Waals surface area contributed by atoms with Gasteiger partial charge in [-0.3, -0.25) is 0 Å². The summed E-state index contributed by atoms with van der Waals surface area (Å²) in [6.45, 7) is 3.49. The molecule has 0 spiro atoms. The lowest BCUT2D eigenvalue weighted by Gasteiger charge is -2.19. The number of nitrogen functional groups attached to an aromatic ring is 1. The second-order valence-corrected chi connectivity index (χ2v) is 3.74. The lowest BCUT2D eigenvalue weighted by atomic mass is 9.97. The van der Waals surface area contributed by atoms with Gasteiger partial charge in [0.05, 0.1) is 18.6 Å². The molecule has 0 radical (unpaired) electrons. The van der Waals surface area contributed by atoms with Crippen molar-refractivity contribution < 1.29 is 10.2 Å². The molecule has 1 aromatic heterocycles. The molecule has 4 N–H and O–H groups in total. The Hall–Kier alpha value is -1.64. The minimum Gasteiger partial charge on any atom is -0.389 e. The summed E-state index contributed by atoms with van der Waals surface area (Å²) >= 11 is 0. The van der Waals surface area contributed by atoms with E-state index in [1.54, 1.807) is 19.9 Å². The number of aryl methyl sites for hydroxylation is 2. The van der Waals surface area contributed by atoms with Crippen LogP contribution in [0.25, 0.3) is 0 Å². The number of rotatable bonds is 3. The normalized spacial score (nSPS) is 14.2. The average Bonchev–Trinajstić information content (AvgIpc) is 2.16. The highest BCUT2D eigenvalue weighted by atomic mass is 16.3. The van der Waals surface area contributed by atoms with Crippen molar-refractivity contribution >= 4 is 5.82 Å². The summed E-state index contributed by atoms with van der Waals surface area (Å²) in [4.78, 5) is 4.02. The van der Waals surface area contributed by atoms with Crippen LogP contribution in [0.3, 0.4) is 0 Å². The average molecular weight is 221 g/mol. The molecule has 0 saturated carbocycles. The zero-order valence-electron chi connectivity index (χ0n) is 9.31. The number of nitrogens with zero attached hydrogens (tertiary/aromatic N) is 2. The maximum absolute atomic E-state index is 9.89. The first-order chi connectivity index (χ1) is 7.47. The molecular weight excluding hydrogens is 206 g/mol. The minimum absolute atomic E-state index is 0.121. The molecule has 0 aliphatic rings. The van der Waals surface area contributed by atoms with Gasteiger partial charge >= 0.3 is 0 Å². The summed E-state index contributed by atoms with van der Waals surface area (Å²) in [7, 11) is 0. The number of hydrogen-bond acceptors (Lipinski definition) is 5. The lowest BCUT2D eigenvalue weighted by molar-refractivity contribution is 0.0206. The van der Waals surface area contributed by atoms with Crippen molar-refractivity contribution in [1.82, 2.24) is 4.98 Å². The van der Waals surface area contributed by atoms with Crippen molar-refractivity contribution in [1.29, 1.82) is 5.26 Å². The molecule has 0 aliphatic carbocycles. The fourth-order valence-corrected chi connectivity index (χ4v) is 1.72. The molecule has 5 nitrogen and oxygen atoms in total. The van der Waals surface area contributed by atoms with Crippen molar-refractivity contribution in [3.63, 3.8) is 0 Å². The van der Waals surface area contributed by atoms with Gasteiger partial charge in [-0.15, -0.1) is 0 Å². The van der Waals surface area contributed by atoms with Gasteiger partial charge < -0.3 is 15.9 Å². The van der Waals surface area contributed by atoms with E-state index in [0.29, 0.717) is 17.1 Å². The molecule has 1 heterocycles. The van der Waals surface area contributed by atoms with Crippen LogP contribution in [0.1, 0.15) is 29.3 Å². The van der Waals surface area contributed by atoms with Gasteiger partial charge in [0.15, 0.2) is 0 Å². The minimum atomic E-state index is -1.10. The molecule has 5 heteroatoms. The molecular formula is C11H15N3O2. The van der Waals surface area contributed by atoms with Gasteiger partial charge in [0.25, 0.3) is 0 Å². The predicted molar refractivity (Wildman–Crippen MR) is 59.3 cm³/mol. The van der Waals surface area contributed by atoms with E-state index < -0.39 is 12.2 Å². The summed E-state index contributed by atoms with van der Waals surface area (Å²) in [6, 6.07) is 3.44. The Morgan fingerprint density at radius 1 is 1.50 bits per heavy atom. The predicted octanol–water partition coefficient (Wildman–Crippen LogP) is 0.589. The van der Waals surface area contributed by atoms with Crippen LogP contribution < -0.4 is 5.73 Å². The van der Waals surface area contributed by atoms with Crippen molar-refractivity contribution in [2.45, 2.75) is 32.5 Å². The molecule has 0 amide bonds. The quantitative estimate of drug-likeness (QED) is 0.693. The van der Waals surface area contributed by atoms with Crippen LogP contribution in [0, 0.1) is 25.2 Å². The third-order valence-corrected chi connectivity index (χ3v) is 2.44. The Balaban J connectivity index is 3.09. The van der Waals surface area contributed by atoms with Crippen LogP contribution in [0.2, 0.25) is 0 Å². The zero-order chi connectivity index (χ0) is 12.3. The highest BCUT2D eigenvalue weighted by molar-refractivity contribution is 5.41. The fraction of sp³-hybridized carbons (Fsp3) is 0.455. The molecule has 0 bridgehead atoms. The summed E-state index contributed by atoms with van der Waals surface area (Å²) in [5.74, 6) is 0.376. The van der Waals surface area contributed by atoms with Gasteiger partial charge in [0.2, 0.25) is 0 Å². The number of pyridine rings is 1. The monoisotopic (exact) mass is 221 g/mol. The van der Waals surface area contributed by atoms with E-state index in [4.69, 9.17) is 11.0 Å². The molecule has 0 saturated heterocycles. The third-order valence-electron chi connectivity index (χ3n) is 2.44. The summed E-state index contributed by atoms with van der Waals surface area (Å²) < 4.78 is 0. The largest absolute Gasteiger partial charge is 0.389 e. The summed E-state index contributed by atoms with van der Waals surface area (Å²) in [6.07, 6.45) is -2.33. The van der Waals surface area contributed by atoms with Crippen LogP contribution >= 0.6 is 0 Å². The highest BCUT2D eigenvalue weighted by Crippen LogP contribution is 2.25. The van der Waals surface area contributed by atoms with Crippen molar-refractivity contribution in [3.8, 4) is 6.07 Å². The number of nitriles is 1. The van der Waals surface area contributed by atoms with Crippen LogP contribution in [0.15, 0.2) is 6.07 Å². The fourth-order valence-electron chi connectivity index (χ4n) is 1.72. The number of anilines is 1. The van der Waals surface area contributed by atoms with E-state index in [1.165, 1.54) is 0 Å². The molecule has 0 fully saturated rings. The topological polar surface area (TPSA) is 103 Å². The van der Waals surface area contributed by atoms with Gasteiger partial charge in [-0.2, -0.15) is 5.26 Å². The first-order valence-electron chi connectivity index (χ1n) is 4.94. The maximum atomic E-state index is 9.89. The maximum Gasteiger partial charge on any atom is 0.123 e. The van der Waals surface area contributed by atoms with Crippen molar-refractivity contribution in [2.24, 2.45) is 0 Å². The second kappa shape index (κ2) is 4.92. The molecule has 0 aromatic carbocycles. The molecule has 2 atom stereocenters. The Kier molecular flexibility index (Phi) is 3.82. The zero-order valence-corrected chi connectivity index (χ0v) is 9.31. The highest BCUT2D eigenvalue weighted by Gasteiger charge is 2.22. The first-order valence-corrected chi connectivity index (χ1v) is 4.94. The van der Waals surface area contributed by atoms with Crippen molar-refractivity contribution in [3.05, 3.63) is 22.9 Å². The van der Waals surface area contributed by atoms with E-state index in [1.807, 2.05) is 6.07 Å². The number of nitrogens with two attached hydrogens (primary N) is 1. The number of hydrogen-bond donors (Lipinski definition) is 3. The molecule has 1 rings (SSSR count). The van der Waals surface area contributed by atoms with E-state index >= 15 is 0 Å². The first kappa shape index (κ1) is 12.4. The lowest BCUT2D eigenvalue weighted by Crippen LogP contribution is -2.20. The molecule has 16 heavy (non-hydrogen) atoms. The summed E-state index contributed by atoms with van der Waals surface area (Å²) in [5.41, 5.74) is 7.42.